The maximum absolute atomic E-state index is 13.2. The molecular weight excluding hydrogens is 285 g/mol. The number of rotatable bonds is 4. The van der Waals surface area contributed by atoms with E-state index in [1.54, 1.807) is 31.0 Å². The predicted molar refractivity (Wildman–Crippen MR) is 80.8 cm³/mol. The van der Waals surface area contributed by atoms with E-state index in [-0.39, 0.29) is 11.8 Å². The van der Waals surface area contributed by atoms with Crippen molar-refractivity contribution in [2.45, 2.75) is 33.9 Å². The Morgan fingerprint density at radius 2 is 2.09 bits per heavy atom. The van der Waals surface area contributed by atoms with Gasteiger partial charge >= 0.3 is 6.03 Å². The molecule has 1 N–H and O–H groups in total. The Morgan fingerprint density at radius 3 is 2.68 bits per heavy atom. The molecule has 0 spiro atoms. The van der Waals surface area contributed by atoms with Crippen molar-refractivity contribution in [1.29, 1.82) is 0 Å². The molecule has 1 aromatic carbocycles. The van der Waals surface area contributed by atoms with Gasteiger partial charge in [0.1, 0.15) is 11.6 Å². The first-order valence-electron chi connectivity index (χ1n) is 7.04. The van der Waals surface area contributed by atoms with Crippen LogP contribution in [0.4, 0.5) is 9.18 Å². The summed E-state index contributed by atoms with van der Waals surface area (Å²) in [5.41, 5.74) is 3.12. The van der Waals surface area contributed by atoms with E-state index in [9.17, 15) is 9.18 Å². The van der Waals surface area contributed by atoms with Crippen molar-refractivity contribution in [3.05, 3.63) is 52.2 Å². The van der Waals surface area contributed by atoms with Crippen molar-refractivity contribution in [2.75, 3.05) is 7.05 Å². The van der Waals surface area contributed by atoms with E-state index in [1.165, 1.54) is 6.07 Å². The minimum Gasteiger partial charge on any atom is -0.361 e. The third-order valence-corrected chi connectivity index (χ3v) is 3.59. The van der Waals surface area contributed by atoms with Crippen LogP contribution in [0.1, 0.15) is 28.1 Å². The molecule has 0 aliphatic carbocycles. The Balaban J connectivity index is 1.92. The SMILES string of the molecule is Cc1cc(CNC(=O)N(C)Cc2c(C)noc2C)ccc1F. The summed E-state index contributed by atoms with van der Waals surface area (Å²) in [5, 5.41) is 6.68. The molecule has 0 aliphatic heterocycles. The van der Waals surface area contributed by atoms with Crippen LogP contribution in [0.2, 0.25) is 0 Å². The number of amides is 2. The Morgan fingerprint density at radius 1 is 1.36 bits per heavy atom. The molecule has 5 nitrogen and oxygen atoms in total. The van der Waals surface area contributed by atoms with Crippen molar-refractivity contribution in [1.82, 2.24) is 15.4 Å². The monoisotopic (exact) mass is 305 g/mol. The maximum atomic E-state index is 13.2. The molecule has 0 aliphatic rings. The summed E-state index contributed by atoms with van der Waals surface area (Å²) in [6.45, 7) is 6.15. The van der Waals surface area contributed by atoms with Gasteiger partial charge in [0.25, 0.3) is 0 Å². The van der Waals surface area contributed by atoms with Crippen LogP contribution in [0.15, 0.2) is 22.7 Å². The van der Waals surface area contributed by atoms with Crippen molar-refractivity contribution in [3.8, 4) is 0 Å². The van der Waals surface area contributed by atoms with Gasteiger partial charge in [0.2, 0.25) is 0 Å². The first-order valence-corrected chi connectivity index (χ1v) is 7.04. The molecule has 2 rings (SSSR count). The summed E-state index contributed by atoms with van der Waals surface area (Å²) < 4.78 is 18.3. The Bertz CT molecular complexity index is 663. The molecule has 2 aromatic rings. The summed E-state index contributed by atoms with van der Waals surface area (Å²) >= 11 is 0. The number of halogens is 1. The van der Waals surface area contributed by atoms with Gasteiger partial charge in [-0.3, -0.25) is 0 Å². The number of carbonyl (C=O) groups is 1. The topological polar surface area (TPSA) is 58.4 Å². The van der Waals surface area contributed by atoms with Gasteiger partial charge in [0.05, 0.1) is 12.2 Å². The number of urea groups is 1. The van der Waals surface area contributed by atoms with Gasteiger partial charge in [-0.25, -0.2) is 9.18 Å². The minimum absolute atomic E-state index is 0.207. The van der Waals surface area contributed by atoms with E-state index < -0.39 is 0 Å². The first-order chi connectivity index (χ1) is 10.4. The lowest BCUT2D eigenvalue weighted by Crippen LogP contribution is -2.36. The van der Waals surface area contributed by atoms with Crippen molar-refractivity contribution in [3.63, 3.8) is 0 Å². The number of benzene rings is 1. The highest BCUT2D eigenvalue weighted by Gasteiger charge is 2.15. The molecule has 0 saturated heterocycles. The fourth-order valence-corrected chi connectivity index (χ4v) is 2.17. The average molecular weight is 305 g/mol. The minimum atomic E-state index is -0.245. The maximum Gasteiger partial charge on any atom is 0.317 e. The van der Waals surface area contributed by atoms with E-state index in [2.05, 4.69) is 10.5 Å². The number of aromatic nitrogens is 1. The summed E-state index contributed by atoms with van der Waals surface area (Å²) in [4.78, 5) is 13.7. The number of aryl methyl sites for hydroxylation is 3. The molecule has 2 amide bonds. The van der Waals surface area contributed by atoms with Gasteiger partial charge in [0.15, 0.2) is 0 Å². The summed E-state index contributed by atoms with van der Waals surface area (Å²) in [6.07, 6.45) is 0. The van der Waals surface area contributed by atoms with E-state index in [0.29, 0.717) is 24.4 Å². The zero-order valence-electron chi connectivity index (χ0n) is 13.2. The lowest BCUT2D eigenvalue weighted by atomic mass is 10.1. The van der Waals surface area contributed by atoms with Gasteiger partial charge < -0.3 is 14.7 Å². The third-order valence-electron chi connectivity index (χ3n) is 3.59. The number of nitrogens with zero attached hydrogens (tertiary/aromatic N) is 2. The molecule has 0 unspecified atom stereocenters. The number of nitrogens with one attached hydrogen (secondary N) is 1. The van der Waals surface area contributed by atoms with Crippen LogP contribution >= 0.6 is 0 Å². The molecule has 6 heteroatoms. The molecule has 118 valence electrons. The normalized spacial score (nSPS) is 10.6. The standard InChI is InChI=1S/C16H20FN3O2/c1-10-7-13(5-6-15(10)17)8-18-16(21)20(4)9-14-11(2)19-22-12(14)3/h5-7H,8-9H2,1-4H3,(H,18,21). The quantitative estimate of drug-likeness (QED) is 0.944. The van der Waals surface area contributed by atoms with E-state index in [1.807, 2.05) is 13.8 Å². The highest BCUT2D eigenvalue weighted by molar-refractivity contribution is 5.73. The predicted octanol–water partition coefficient (Wildman–Crippen LogP) is 3.08. The fourth-order valence-electron chi connectivity index (χ4n) is 2.17. The molecule has 0 radical (unpaired) electrons. The zero-order chi connectivity index (χ0) is 16.3. The summed E-state index contributed by atoms with van der Waals surface area (Å²) in [7, 11) is 1.71. The second kappa shape index (κ2) is 6.60. The second-order valence-corrected chi connectivity index (χ2v) is 5.40. The van der Waals surface area contributed by atoms with Crippen molar-refractivity contribution in [2.24, 2.45) is 0 Å². The van der Waals surface area contributed by atoms with Gasteiger partial charge in [-0.2, -0.15) is 0 Å². The second-order valence-electron chi connectivity index (χ2n) is 5.40. The molecule has 1 heterocycles. The van der Waals surface area contributed by atoms with Gasteiger partial charge in [-0.1, -0.05) is 17.3 Å². The number of carbonyl (C=O) groups excluding carboxylic acids is 1. The smallest absolute Gasteiger partial charge is 0.317 e. The van der Waals surface area contributed by atoms with Crippen LogP contribution < -0.4 is 5.32 Å². The van der Waals surface area contributed by atoms with Crippen LogP contribution in [-0.2, 0) is 13.1 Å². The summed E-state index contributed by atoms with van der Waals surface area (Å²) in [5.74, 6) is 0.469. The molecule has 0 bridgehead atoms. The highest BCUT2D eigenvalue weighted by Crippen LogP contribution is 2.14. The fraction of sp³-hybridized carbons (Fsp3) is 0.375. The molecule has 0 fully saturated rings. The van der Waals surface area contributed by atoms with Crippen LogP contribution in [0.3, 0.4) is 0 Å². The number of hydrogen-bond donors (Lipinski definition) is 1. The van der Waals surface area contributed by atoms with Gasteiger partial charge in [0, 0.05) is 19.2 Å². The molecule has 22 heavy (non-hydrogen) atoms. The van der Waals surface area contributed by atoms with Gasteiger partial charge in [-0.05, 0) is 38.0 Å². The molecular formula is C16H20FN3O2. The lowest BCUT2D eigenvalue weighted by molar-refractivity contribution is 0.206. The van der Waals surface area contributed by atoms with Crippen LogP contribution in [0.5, 0.6) is 0 Å². The molecule has 1 aromatic heterocycles. The molecule has 0 atom stereocenters. The zero-order valence-corrected chi connectivity index (χ0v) is 13.2. The first kappa shape index (κ1) is 16.0. The van der Waals surface area contributed by atoms with Crippen molar-refractivity contribution < 1.29 is 13.7 Å². The summed E-state index contributed by atoms with van der Waals surface area (Å²) in [6, 6.07) is 4.59. The van der Waals surface area contributed by atoms with E-state index >= 15 is 0 Å². The Labute approximate surface area is 129 Å². The average Bonchev–Trinajstić information content (AvgIpc) is 2.80. The van der Waals surface area contributed by atoms with E-state index in [0.717, 1.165) is 16.8 Å². The molecule has 0 saturated carbocycles. The highest BCUT2D eigenvalue weighted by atomic mass is 19.1. The number of hydrogen-bond acceptors (Lipinski definition) is 3. The Hall–Kier alpha value is -2.37. The van der Waals surface area contributed by atoms with Crippen molar-refractivity contribution >= 4 is 6.03 Å². The van der Waals surface area contributed by atoms with Crippen LogP contribution in [-0.4, -0.2) is 23.1 Å². The third kappa shape index (κ3) is 3.63. The van der Waals surface area contributed by atoms with Crippen LogP contribution in [0, 0.1) is 26.6 Å². The largest absolute Gasteiger partial charge is 0.361 e. The van der Waals surface area contributed by atoms with Crippen LogP contribution in [0.25, 0.3) is 0 Å². The van der Waals surface area contributed by atoms with Gasteiger partial charge in [-0.15, -0.1) is 0 Å². The van der Waals surface area contributed by atoms with E-state index in [4.69, 9.17) is 4.52 Å². The lowest BCUT2D eigenvalue weighted by Gasteiger charge is -2.18. The Kier molecular flexibility index (Phi) is 4.80.